The number of aromatic nitrogens is 2. The van der Waals surface area contributed by atoms with E-state index in [4.69, 9.17) is 9.47 Å². The highest BCUT2D eigenvalue weighted by atomic mass is 32.1. The van der Waals surface area contributed by atoms with Gasteiger partial charge in [0.15, 0.2) is 5.01 Å². The van der Waals surface area contributed by atoms with Crippen molar-refractivity contribution in [2.24, 2.45) is 0 Å². The number of urea groups is 1. The second kappa shape index (κ2) is 9.18. The van der Waals surface area contributed by atoms with Crippen molar-refractivity contribution in [1.82, 2.24) is 10.2 Å². The van der Waals surface area contributed by atoms with E-state index in [9.17, 15) is 4.79 Å². The van der Waals surface area contributed by atoms with Crippen LogP contribution in [0.4, 0.5) is 15.6 Å². The van der Waals surface area contributed by atoms with Crippen LogP contribution in [0, 0.1) is 13.8 Å². The molecule has 146 valence electrons. The molecule has 0 bridgehead atoms. The molecule has 3 aromatic rings. The number of rotatable bonds is 7. The van der Waals surface area contributed by atoms with E-state index < -0.39 is 0 Å². The van der Waals surface area contributed by atoms with Gasteiger partial charge in [-0.1, -0.05) is 23.5 Å². The minimum Gasteiger partial charge on any atom is -0.494 e. The first kappa shape index (κ1) is 19.6. The quantitative estimate of drug-likeness (QED) is 0.598. The lowest BCUT2D eigenvalue weighted by Gasteiger charge is -2.08. The number of hydrogen-bond acceptors (Lipinski definition) is 6. The molecule has 0 spiro atoms. The Hall–Kier alpha value is -3.13. The van der Waals surface area contributed by atoms with Gasteiger partial charge < -0.3 is 14.8 Å². The second-order valence-corrected chi connectivity index (χ2v) is 7.16. The molecule has 0 saturated heterocycles. The number of anilines is 2. The molecule has 28 heavy (non-hydrogen) atoms. The number of carbonyl (C=O) groups is 1. The predicted octanol–water partition coefficient (Wildman–Crippen LogP) is 4.78. The summed E-state index contributed by atoms with van der Waals surface area (Å²) in [7, 11) is 0. The van der Waals surface area contributed by atoms with Gasteiger partial charge in [0.05, 0.1) is 6.61 Å². The maximum atomic E-state index is 12.1. The van der Waals surface area contributed by atoms with Crippen molar-refractivity contribution in [2.45, 2.75) is 27.4 Å². The number of hydrogen-bond donors (Lipinski definition) is 2. The Morgan fingerprint density at radius 2 is 1.82 bits per heavy atom. The molecular formula is C20H22N4O3S. The van der Waals surface area contributed by atoms with E-state index in [-0.39, 0.29) is 6.03 Å². The standard InChI is InChI=1S/C20H22N4O3S/c1-4-26-16-9-7-15(8-10-16)21-19(25)22-20-24-23-18(28-20)12-27-17-11-13(2)5-6-14(17)3/h5-11H,4,12H2,1-3H3,(H2,21,22,24,25). The third kappa shape index (κ3) is 5.43. The van der Waals surface area contributed by atoms with Crippen LogP contribution in [0.2, 0.25) is 0 Å². The van der Waals surface area contributed by atoms with Crippen molar-refractivity contribution in [3.05, 3.63) is 58.6 Å². The third-order valence-electron chi connectivity index (χ3n) is 3.81. The van der Waals surface area contributed by atoms with Crippen LogP contribution in [0.3, 0.4) is 0 Å². The Morgan fingerprint density at radius 1 is 1.04 bits per heavy atom. The molecule has 0 unspecified atom stereocenters. The zero-order valence-corrected chi connectivity index (χ0v) is 16.8. The van der Waals surface area contributed by atoms with Gasteiger partial charge in [0, 0.05) is 5.69 Å². The fraction of sp³-hybridized carbons (Fsp3) is 0.250. The summed E-state index contributed by atoms with van der Waals surface area (Å²) < 4.78 is 11.2. The molecule has 1 heterocycles. The van der Waals surface area contributed by atoms with E-state index >= 15 is 0 Å². The average molecular weight is 398 g/mol. The van der Waals surface area contributed by atoms with Gasteiger partial charge in [-0.25, -0.2) is 4.79 Å². The first-order chi connectivity index (χ1) is 13.5. The summed E-state index contributed by atoms with van der Waals surface area (Å²) in [5, 5.41) is 14.5. The number of amides is 2. The molecule has 0 saturated carbocycles. The van der Waals surface area contributed by atoms with E-state index in [2.05, 4.69) is 20.8 Å². The highest BCUT2D eigenvalue weighted by Gasteiger charge is 2.10. The molecule has 0 atom stereocenters. The lowest BCUT2D eigenvalue weighted by atomic mass is 10.1. The number of nitrogens with one attached hydrogen (secondary N) is 2. The lowest BCUT2D eigenvalue weighted by Crippen LogP contribution is -2.19. The molecule has 8 heteroatoms. The molecule has 0 aliphatic rings. The van der Waals surface area contributed by atoms with Crippen molar-refractivity contribution in [2.75, 3.05) is 17.2 Å². The van der Waals surface area contributed by atoms with Crippen molar-refractivity contribution >= 4 is 28.2 Å². The Kier molecular flexibility index (Phi) is 6.44. The number of ether oxygens (including phenoxy) is 2. The van der Waals surface area contributed by atoms with E-state index in [1.54, 1.807) is 24.3 Å². The fourth-order valence-corrected chi connectivity index (χ4v) is 3.07. The van der Waals surface area contributed by atoms with Crippen LogP contribution in [0.1, 0.15) is 23.1 Å². The van der Waals surface area contributed by atoms with Crippen LogP contribution in [0.15, 0.2) is 42.5 Å². The van der Waals surface area contributed by atoms with Gasteiger partial charge in [0.25, 0.3) is 0 Å². The number of aryl methyl sites for hydroxylation is 2. The summed E-state index contributed by atoms with van der Waals surface area (Å²) in [6.45, 7) is 6.82. The van der Waals surface area contributed by atoms with Gasteiger partial charge in [0.1, 0.15) is 18.1 Å². The second-order valence-electron chi connectivity index (χ2n) is 6.10. The molecule has 2 N–H and O–H groups in total. The van der Waals surface area contributed by atoms with Crippen LogP contribution >= 0.6 is 11.3 Å². The summed E-state index contributed by atoms with van der Waals surface area (Å²) in [6, 6.07) is 12.8. The normalized spacial score (nSPS) is 10.4. The Labute approximate surface area is 167 Å². The minimum atomic E-state index is -0.387. The number of nitrogens with zero attached hydrogens (tertiary/aromatic N) is 2. The van der Waals surface area contributed by atoms with Crippen molar-refractivity contribution < 1.29 is 14.3 Å². The third-order valence-corrected chi connectivity index (χ3v) is 4.62. The highest BCUT2D eigenvalue weighted by Crippen LogP contribution is 2.22. The van der Waals surface area contributed by atoms with E-state index in [1.165, 1.54) is 11.3 Å². The summed E-state index contributed by atoms with van der Waals surface area (Å²) in [5.74, 6) is 1.57. The fourth-order valence-electron chi connectivity index (χ4n) is 2.43. The molecule has 2 amide bonds. The predicted molar refractivity (Wildman–Crippen MR) is 110 cm³/mol. The molecule has 7 nitrogen and oxygen atoms in total. The Morgan fingerprint density at radius 3 is 2.57 bits per heavy atom. The molecule has 1 aromatic heterocycles. The lowest BCUT2D eigenvalue weighted by molar-refractivity contribution is 0.262. The molecule has 0 aliphatic heterocycles. The van der Waals surface area contributed by atoms with Crippen LogP contribution in [-0.2, 0) is 6.61 Å². The molecular weight excluding hydrogens is 376 g/mol. The van der Waals surface area contributed by atoms with Crippen molar-refractivity contribution in [3.8, 4) is 11.5 Å². The number of benzene rings is 2. The van der Waals surface area contributed by atoms with Gasteiger partial charge in [-0.15, -0.1) is 10.2 Å². The molecule has 2 aromatic carbocycles. The van der Waals surface area contributed by atoms with E-state index in [1.807, 2.05) is 39.0 Å². The monoisotopic (exact) mass is 398 g/mol. The summed E-state index contributed by atoms with van der Waals surface area (Å²) >= 11 is 1.27. The topological polar surface area (TPSA) is 85.4 Å². The van der Waals surface area contributed by atoms with Gasteiger partial charge in [-0.2, -0.15) is 0 Å². The zero-order chi connectivity index (χ0) is 19.9. The van der Waals surface area contributed by atoms with Gasteiger partial charge in [-0.05, 0) is 62.2 Å². The van der Waals surface area contributed by atoms with Crippen molar-refractivity contribution in [3.63, 3.8) is 0 Å². The summed E-state index contributed by atoms with van der Waals surface area (Å²) in [4.78, 5) is 12.1. The van der Waals surface area contributed by atoms with E-state index in [0.29, 0.717) is 29.0 Å². The van der Waals surface area contributed by atoms with Gasteiger partial charge >= 0.3 is 6.03 Å². The minimum absolute atomic E-state index is 0.296. The maximum absolute atomic E-state index is 12.1. The molecule has 0 aliphatic carbocycles. The van der Waals surface area contributed by atoms with Gasteiger partial charge in [-0.3, -0.25) is 5.32 Å². The zero-order valence-electron chi connectivity index (χ0n) is 16.0. The summed E-state index contributed by atoms with van der Waals surface area (Å²) in [5.41, 5.74) is 2.85. The number of carbonyl (C=O) groups excluding carboxylic acids is 1. The van der Waals surface area contributed by atoms with Crippen LogP contribution in [0.5, 0.6) is 11.5 Å². The SMILES string of the molecule is CCOc1ccc(NC(=O)Nc2nnc(COc3cc(C)ccc3C)s2)cc1. The Bertz CT molecular complexity index is 941. The van der Waals surface area contributed by atoms with Crippen LogP contribution in [-0.4, -0.2) is 22.8 Å². The maximum Gasteiger partial charge on any atom is 0.325 e. The first-order valence-corrected chi connectivity index (χ1v) is 9.68. The van der Waals surface area contributed by atoms with Crippen LogP contribution in [0.25, 0.3) is 0 Å². The largest absolute Gasteiger partial charge is 0.494 e. The van der Waals surface area contributed by atoms with Crippen molar-refractivity contribution in [1.29, 1.82) is 0 Å². The van der Waals surface area contributed by atoms with E-state index in [0.717, 1.165) is 22.6 Å². The summed E-state index contributed by atoms with van der Waals surface area (Å²) in [6.07, 6.45) is 0. The molecule has 0 fully saturated rings. The Balaban J connectivity index is 1.52. The molecule has 0 radical (unpaired) electrons. The smallest absolute Gasteiger partial charge is 0.325 e. The molecule has 3 rings (SSSR count). The van der Waals surface area contributed by atoms with Gasteiger partial charge in [0.2, 0.25) is 5.13 Å². The van der Waals surface area contributed by atoms with Crippen LogP contribution < -0.4 is 20.1 Å². The highest BCUT2D eigenvalue weighted by molar-refractivity contribution is 7.15. The first-order valence-electron chi connectivity index (χ1n) is 8.87. The average Bonchev–Trinajstić information content (AvgIpc) is 3.11.